The Morgan fingerprint density at radius 1 is 1.10 bits per heavy atom. The molecule has 1 aliphatic heterocycles. The largest absolute Gasteiger partial charge is 0.341 e. The summed E-state index contributed by atoms with van der Waals surface area (Å²) in [6.07, 6.45) is 12.1. The van der Waals surface area contributed by atoms with Crippen LogP contribution in [0.4, 0.5) is 4.39 Å². The van der Waals surface area contributed by atoms with Gasteiger partial charge < -0.3 is 5.32 Å². The molecule has 2 nitrogen and oxygen atoms in total. The average Bonchev–Trinajstić information content (AvgIpc) is 3.48. The molecule has 0 saturated carbocycles. The van der Waals surface area contributed by atoms with Crippen molar-refractivity contribution in [2.24, 2.45) is 0 Å². The van der Waals surface area contributed by atoms with Crippen LogP contribution in [-0.4, -0.2) is 11.2 Å². The highest BCUT2D eigenvalue weighted by atomic mass is 32.2. The maximum absolute atomic E-state index is 13.9. The zero-order valence-corrected chi connectivity index (χ0v) is 23.2. The van der Waals surface area contributed by atoms with Gasteiger partial charge in [-0.3, -0.25) is 4.79 Å². The van der Waals surface area contributed by atoms with Crippen molar-refractivity contribution in [1.29, 1.82) is 0 Å². The number of rotatable bonds is 6. The molecule has 198 valence electrons. The number of halogens is 1. The molecule has 1 N–H and O–H groups in total. The van der Waals surface area contributed by atoms with Crippen molar-refractivity contribution >= 4 is 17.7 Å². The minimum absolute atomic E-state index is 0.00865. The third kappa shape index (κ3) is 5.03. The summed E-state index contributed by atoms with van der Waals surface area (Å²) in [5.41, 5.74) is 7.38. The standard InChI is InChI=1S/C35H34FNOS/c1-23-9-3-6-16-32(23)39-33-24(2)22-35(37-34(33)38,28-13-4-5-14-28)29-15-7-10-25(20-29)19-26-11-8-12-27-21-30(36)17-18-31(26)27/h3-4,6-7,9-10,13-18,20-21,26,33H,2,5,8,11-12,19,22H2,1H3,(H,37,38). The number of hydrogen-bond donors (Lipinski definition) is 1. The number of carbonyl (C=O) groups excluding carboxylic acids is 1. The molecule has 3 aliphatic rings. The van der Waals surface area contributed by atoms with E-state index < -0.39 is 5.54 Å². The van der Waals surface area contributed by atoms with Crippen LogP contribution in [0.5, 0.6) is 0 Å². The quantitative estimate of drug-likeness (QED) is 0.323. The van der Waals surface area contributed by atoms with E-state index in [9.17, 15) is 9.18 Å². The normalized spacial score (nSPS) is 24.3. The van der Waals surface area contributed by atoms with E-state index in [0.29, 0.717) is 12.3 Å². The van der Waals surface area contributed by atoms with Gasteiger partial charge in [0.15, 0.2) is 0 Å². The number of carbonyl (C=O) groups is 1. The molecule has 1 fully saturated rings. The smallest absolute Gasteiger partial charge is 0.238 e. The fraction of sp³-hybridized carbons (Fsp3) is 0.286. The summed E-state index contributed by atoms with van der Waals surface area (Å²) in [4.78, 5) is 14.9. The maximum atomic E-state index is 13.9. The van der Waals surface area contributed by atoms with Crippen LogP contribution in [0.15, 0.2) is 108 Å². The van der Waals surface area contributed by atoms with E-state index in [1.54, 1.807) is 23.9 Å². The first kappa shape index (κ1) is 25.9. The number of amides is 1. The van der Waals surface area contributed by atoms with E-state index in [4.69, 9.17) is 0 Å². The van der Waals surface area contributed by atoms with E-state index >= 15 is 0 Å². The Balaban J connectivity index is 1.31. The number of hydrogen-bond acceptors (Lipinski definition) is 2. The molecule has 3 unspecified atom stereocenters. The van der Waals surface area contributed by atoms with E-state index in [-0.39, 0.29) is 17.0 Å². The number of benzene rings is 3. The van der Waals surface area contributed by atoms with Gasteiger partial charge in [0.1, 0.15) is 11.1 Å². The molecule has 0 spiro atoms. The summed E-state index contributed by atoms with van der Waals surface area (Å²) in [7, 11) is 0. The number of piperidine rings is 1. The molecular formula is C35H34FNOS. The second-order valence-corrected chi connectivity index (χ2v) is 12.3. The van der Waals surface area contributed by atoms with Crippen molar-refractivity contribution in [2.75, 3.05) is 0 Å². The van der Waals surface area contributed by atoms with Crippen molar-refractivity contribution in [2.45, 2.75) is 67.1 Å². The minimum Gasteiger partial charge on any atom is -0.341 e. The molecule has 1 heterocycles. The van der Waals surface area contributed by atoms with Crippen molar-refractivity contribution in [3.63, 3.8) is 0 Å². The molecule has 0 aromatic heterocycles. The molecule has 1 saturated heterocycles. The number of thioether (sulfide) groups is 1. The predicted octanol–water partition coefficient (Wildman–Crippen LogP) is 8.12. The van der Waals surface area contributed by atoms with Crippen molar-refractivity contribution in [1.82, 2.24) is 5.32 Å². The van der Waals surface area contributed by atoms with Gasteiger partial charge in [0.2, 0.25) is 5.91 Å². The van der Waals surface area contributed by atoms with Crippen LogP contribution in [0.2, 0.25) is 0 Å². The molecule has 2 aliphatic carbocycles. The first-order valence-electron chi connectivity index (χ1n) is 13.9. The Kier molecular flexibility index (Phi) is 7.07. The van der Waals surface area contributed by atoms with E-state index in [1.165, 1.54) is 16.7 Å². The Labute approximate surface area is 235 Å². The highest BCUT2D eigenvalue weighted by molar-refractivity contribution is 8.00. The molecule has 0 bridgehead atoms. The zero-order chi connectivity index (χ0) is 27.0. The number of fused-ring (bicyclic) bond motifs is 1. The van der Waals surface area contributed by atoms with Crippen LogP contribution in [0, 0.1) is 12.7 Å². The summed E-state index contributed by atoms with van der Waals surface area (Å²) in [5, 5.41) is 3.15. The van der Waals surface area contributed by atoms with Gasteiger partial charge in [-0.1, -0.05) is 78.9 Å². The molecule has 0 radical (unpaired) electrons. The lowest BCUT2D eigenvalue weighted by Crippen LogP contribution is -2.55. The van der Waals surface area contributed by atoms with Crippen LogP contribution >= 0.6 is 11.8 Å². The number of nitrogens with one attached hydrogen (secondary N) is 1. The molecule has 1 amide bonds. The monoisotopic (exact) mass is 535 g/mol. The highest BCUT2D eigenvalue weighted by Crippen LogP contribution is 2.46. The first-order valence-corrected chi connectivity index (χ1v) is 14.8. The summed E-state index contributed by atoms with van der Waals surface area (Å²) in [6.45, 7) is 6.53. The Morgan fingerprint density at radius 2 is 1.97 bits per heavy atom. The molecule has 3 atom stereocenters. The third-order valence-corrected chi connectivity index (χ3v) is 9.98. The maximum Gasteiger partial charge on any atom is 0.238 e. The number of aryl methyl sites for hydroxylation is 2. The van der Waals surface area contributed by atoms with Gasteiger partial charge in [-0.2, -0.15) is 0 Å². The van der Waals surface area contributed by atoms with Crippen molar-refractivity contribution < 1.29 is 9.18 Å². The second kappa shape index (κ2) is 10.7. The first-order chi connectivity index (χ1) is 18.9. The van der Waals surface area contributed by atoms with E-state index in [2.05, 4.69) is 73.4 Å². The zero-order valence-electron chi connectivity index (χ0n) is 22.4. The highest BCUT2D eigenvalue weighted by Gasteiger charge is 2.45. The Bertz CT molecular complexity index is 1480. The second-order valence-electron chi connectivity index (χ2n) is 11.1. The number of allylic oxidation sites excluding steroid dienone is 2. The van der Waals surface area contributed by atoms with Crippen molar-refractivity contribution in [3.05, 3.63) is 136 Å². The predicted molar refractivity (Wildman–Crippen MR) is 158 cm³/mol. The lowest BCUT2D eigenvalue weighted by Gasteiger charge is -2.43. The minimum atomic E-state index is -0.631. The molecular weight excluding hydrogens is 501 g/mol. The summed E-state index contributed by atoms with van der Waals surface area (Å²) in [6, 6.07) is 22.2. The van der Waals surface area contributed by atoms with Gasteiger partial charge in [0.25, 0.3) is 0 Å². The van der Waals surface area contributed by atoms with Gasteiger partial charge in [0, 0.05) is 11.3 Å². The van der Waals surface area contributed by atoms with Crippen LogP contribution in [-0.2, 0) is 23.2 Å². The van der Waals surface area contributed by atoms with Crippen LogP contribution in [0.3, 0.4) is 0 Å². The summed E-state index contributed by atoms with van der Waals surface area (Å²) < 4.78 is 13.9. The van der Waals surface area contributed by atoms with Crippen LogP contribution < -0.4 is 5.32 Å². The summed E-state index contributed by atoms with van der Waals surface area (Å²) in [5.74, 6) is 0.231. The molecule has 39 heavy (non-hydrogen) atoms. The van der Waals surface area contributed by atoms with Gasteiger partial charge in [-0.05, 0) is 96.5 Å². The molecule has 3 aromatic carbocycles. The van der Waals surface area contributed by atoms with Gasteiger partial charge in [0.05, 0.1) is 5.54 Å². The Hall–Kier alpha value is -3.37. The van der Waals surface area contributed by atoms with Crippen LogP contribution in [0.25, 0.3) is 0 Å². The average molecular weight is 536 g/mol. The summed E-state index contributed by atoms with van der Waals surface area (Å²) >= 11 is 1.59. The lowest BCUT2D eigenvalue weighted by molar-refractivity contribution is -0.122. The molecule has 4 heteroatoms. The van der Waals surface area contributed by atoms with Gasteiger partial charge in [-0.15, -0.1) is 11.8 Å². The van der Waals surface area contributed by atoms with E-state index in [1.807, 2.05) is 18.2 Å². The molecule has 3 aromatic rings. The lowest BCUT2D eigenvalue weighted by atomic mass is 9.74. The fourth-order valence-electron chi connectivity index (χ4n) is 6.52. The third-order valence-electron chi connectivity index (χ3n) is 8.49. The van der Waals surface area contributed by atoms with Gasteiger partial charge >= 0.3 is 0 Å². The van der Waals surface area contributed by atoms with Crippen LogP contribution in [0.1, 0.15) is 59.4 Å². The van der Waals surface area contributed by atoms with Crippen molar-refractivity contribution in [3.8, 4) is 0 Å². The Morgan fingerprint density at radius 3 is 2.77 bits per heavy atom. The van der Waals surface area contributed by atoms with E-state index in [0.717, 1.165) is 59.3 Å². The van der Waals surface area contributed by atoms with Gasteiger partial charge in [-0.25, -0.2) is 4.39 Å². The SMILES string of the molecule is C=C1CC(C2=CCC=C2)(c2cccc(CC3CCCc4cc(F)ccc43)c2)NC(=O)C1Sc1ccccc1C. The topological polar surface area (TPSA) is 29.1 Å². The molecule has 6 rings (SSSR count). The fourth-order valence-corrected chi connectivity index (χ4v) is 7.61.